The van der Waals surface area contributed by atoms with E-state index in [1.807, 2.05) is 0 Å². The lowest BCUT2D eigenvalue weighted by Crippen LogP contribution is -2.42. The molecular formula is C22H20N2O7S. The number of rotatable bonds is 8. The number of imide groups is 1. The number of nitro benzene ring substituents is 1. The standard InChI is InChI=1S/C22H20N2O7S/c1-3-30-21(26)14(2)23-20(25)19(32-22(23)27)12-16-8-4-5-10-18(16)31-13-15-7-6-9-17(11-15)24(28)29/h4-12,14H,3,13H2,1-2H3/b19-12-/t14-/m1/s1. The molecule has 1 aliphatic heterocycles. The molecule has 1 aliphatic rings. The Morgan fingerprint density at radius 3 is 2.69 bits per heavy atom. The third-order valence-corrected chi connectivity index (χ3v) is 5.44. The number of non-ortho nitro benzene ring substituents is 1. The third-order valence-electron chi connectivity index (χ3n) is 4.56. The van der Waals surface area contributed by atoms with Gasteiger partial charge < -0.3 is 9.47 Å². The van der Waals surface area contributed by atoms with Gasteiger partial charge in [0.25, 0.3) is 16.8 Å². The highest BCUT2D eigenvalue weighted by molar-refractivity contribution is 8.18. The Morgan fingerprint density at radius 2 is 1.97 bits per heavy atom. The average molecular weight is 456 g/mol. The van der Waals surface area contributed by atoms with Gasteiger partial charge in [0.15, 0.2) is 0 Å². The molecule has 2 amide bonds. The number of ether oxygens (including phenoxy) is 2. The Morgan fingerprint density at radius 1 is 1.22 bits per heavy atom. The Bertz CT molecular complexity index is 1100. The van der Waals surface area contributed by atoms with Crippen LogP contribution in [0, 0.1) is 10.1 Å². The van der Waals surface area contributed by atoms with Crippen LogP contribution >= 0.6 is 11.8 Å². The van der Waals surface area contributed by atoms with E-state index in [2.05, 4.69) is 0 Å². The van der Waals surface area contributed by atoms with Gasteiger partial charge >= 0.3 is 5.97 Å². The van der Waals surface area contributed by atoms with Crippen molar-refractivity contribution < 1.29 is 28.8 Å². The monoisotopic (exact) mass is 456 g/mol. The predicted octanol–water partition coefficient (Wildman–Crippen LogP) is 4.16. The molecule has 3 rings (SSSR count). The van der Waals surface area contributed by atoms with E-state index in [1.54, 1.807) is 43.3 Å². The minimum Gasteiger partial charge on any atom is -0.488 e. The maximum atomic E-state index is 12.8. The highest BCUT2D eigenvalue weighted by Gasteiger charge is 2.41. The zero-order valence-electron chi connectivity index (χ0n) is 17.3. The van der Waals surface area contributed by atoms with E-state index in [-0.39, 0.29) is 23.8 Å². The number of hydrogen-bond acceptors (Lipinski definition) is 8. The second-order valence-electron chi connectivity index (χ2n) is 6.73. The summed E-state index contributed by atoms with van der Waals surface area (Å²) in [6.07, 6.45) is 1.52. The summed E-state index contributed by atoms with van der Waals surface area (Å²) in [6.45, 7) is 3.30. The van der Waals surface area contributed by atoms with Gasteiger partial charge in [-0.1, -0.05) is 30.3 Å². The Hall–Kier alpha value is -3.66. The van der Waals surface area contributed by atoms with Crippen LogP contribution in [-0.2, 0) is 20.9 Å². The Labute approximate surface area is 188 Å². The second-order valence-corrected chi connectivity index (χ2v) is 7.73. The fraction of sp³-hybridized carbons (Fsp3) is 0.227. The number of nitro groups is 1. The molecule has 1 heterocycles. The zero-order chi connectivity index (χ0) is 23.3. The van der Waals surface area contributed by atoms with Crippen LogP contribution in [0.25, 0.3) is 6.08 Å². The first kappa shape index (κ1) is 23.0. The molecule has 0 aromatic heterocycles. The highest BCUT2D eigenvalue weighted by Crippen LogP contribution is 2.35. The minimum absolute atomic E-state index is 0.0382. The van der Waals surface area contributed by atoms with Crippen LogP contribution in [0.5, 0.6) is 5.75 Å². The van der Waals surface area contributed by atoms with Crippen molar-refractivity contribution in [1.29, 1.82) is 0 Å². The van der Waals surface area contributed by atoms with Crippen molar-refractivity contribution in [2.45, 2.75) is 26.5 Å². The van der Waals surface area contributed by atoms with E-state index in [4.69, 9.17) is 9.47 Å². The first-order valence-corrected chi connectivity index (χ1v) is 10.5. The van der Waals surface area contributed by atoms with E-state index >= 15 is 0 Å². The lowest BCUT2D eigenvalue weighted by atomic mass is 10.1. The molecule has 0 unspecified atom stereocenters. The number of para-hydroxylation sites is 1. The summed E-state index contributed by atoms with van der Waals surface area (Å²) in [5, 5.41) is 10.4. The molecule has 32 heavy (non-hydrogen) atoms. The van der Waals surface area contributed by atoms with Gasteiger partial charge in [-0.05, 0) is 43.3 Å². The lowest BCUT2D eigenvalue weighted by Gasteiger charge is -2.19. The smallest absolute Gasteiger partial charge is 0.329 e. The molecule has 0 bridgehead atoms. The molecule has 2 aromatic rings. The van der Waals surface area contributed by atoms with Gasteiger partial charge in [0.2, 0.25) is 0 Å². The first-order chi connectivity index (χ1) is 15.3. The molecule has 1 atom stereocenters. The molecule has 9 nitrogen and oxygen atoms in total. The average Bonchev–Trinajstić information content (AvgIpc) is 3.05. The fourth-order valence-electron chi connectivity index (χ4n) is 2.98. The normalized spacial score (nSPS) is 15.7. The summed E-state index contributed by atoms with van der Waals surface area (Å²) in [6, 6.07) is 12.0. The largest absolute Gasteiger partial charge is 0.488 e. The fourth-order valence-corrected chi connectivity index (χ4v) is 3.87. The first-order valence-electron chi connectivity index (χ1n) is 9.70. The highest BCUT2D eigenvalue weighted by atomic mass is 32.2. The van der Waals surface area contributed by atoms with Gasteiger partial charge in [0.05, 0.1) is 16.4 Å². The molecule has 166 valence electrons. The number of hydrogen-bond donors (Lipinski definition) is 0. The number of benzene rings is 2. The molecular weight excluding hydrogens is 436 g/mol. The summed E-state index contributed by atoms with van der Waals surface area (Å²) in [7, 11) is 0. The van der Waals surface area contributed by atoms with Crippen molar-refractivity contribution in [3.63, 3.8) is 0 Å². The van der Waals surface area contributed by atoms with Crippen molar-refractivity contribution in [1.82, 2.24) is 4.90 Å². The van der Waals surface area contributed by atoms with Crippen molar-refractivity contribution in [3.05, 3.63) is 74.7 Å². The number of esters is 1. The topological polar surface area (TPSA) is 116 Å². The number of thioether (sulfide) groups is 1. The van der Waals surface area contributed by atoms with E-state index in [0.717, 1.165) is 16.7 Å². The number of carbonyl (C=O) groups excluding carboxylic acids is 3. The number of carbonyl (C=O) groups is 3. The summed E-state index contributed by atoms with van der Waals surface area (Å²) in [5.74, 6) is -0.810. The van der Waals surface area contributed by atoms with Gasteiger partial charge in [-0.2, -0.15) is 0 Å². The minimum atomic E-state index is -1.03. The van der Waals surface area contributed by atoms with Crippen LogP contribution in [0.4, 0.5) is 10.5 Å². The van der Waals surface area contributed by atoms with Crippen LogP contribution in [-0.4, -0.2) is 39.6 Å². The Balaban J connectivity index is 1.79. The predicted molar refractivity (Wildman–Crippen MR) is 118 cm³/mol. The molecule has 0 aliphatic carbocycles. The van der Waals surface area contributed by atoms with Gasteiger partial charge in [-0.15, -0.1) is 0 Å². The molecule has 0 spiro atoms. The summed E-state index contributed by atoms with van der Waals surface area (Å²) in [5.41, 5.74) is 1.12. The quantitative estimate of drug-likeness (QED) is 0.252. The summed E-state index contributed by atoms with van der Waals surface area (Å²) >= 11 is 0.729. The van der Waals surface area contributed by atoms with E-state index in [9.17, 15) is 24.5 Å². The van der Waals surface area contributed by atoms with Gasteiger partial charge in [0, 0.05) is 17.7 Å². The van der Waals surface area contributed by atoms with Crippen LogP contribution in [0.15, 0.2) is 53.4 Å². The van der Waals surface area contributed by atoms with Crippen molar-refractivity contribution in [3.8, 4) is 5.75 Å². The van der Waals surface area contributed by atoms with Crippen molar-refractivity contribution in [2.24, 2.45) is 0 Å². The van der Waals surface area contributed by atoms with Crippen LogP contribution < -0.4 is 4.74 Å². The molecule has 1 fully saturated rings. The molecule has 1 saturated heterocycles. The second kappa shape index (κ2) is 10.1. The SMILES string of the molecule is CCOC(=O)[C@@H](C)N1C(=O)S/C(=C\c2ccccc2OCc2cccc([N+](=O)[O-])c2)C1=O. The lowest BCUT2D eigenvalue weighted by molar-refractivity contribution is -0.384. The Kier molecular flexibility index (Phi) is 7.26. The number of amides is 2. The van der Waals surface area contributed by atoms with Crippen molar-refractivity contribution >= 4 is 40.6 Å². The maximum Gasteiger partial charge on any atom is 0.329 e. The van der Waals surface area contributed by atoms with E-state index in [0.29, 0.717) is 16.9 Å². The summed E-state index contributed by atoms with van der Waals surface area (Å²) < 4.78 is 10.7. The molecule has 0 saturated carbocycles. The van der Waals surface area contributed by atoms with E-state index < -0.39 is 28.1 Å². The van der Waals surface area contributed by atoms with Gasteiger partial charge in [-0.3, -0.25) is 24.6 Å². The van der Waals surface area contributed by atoms with Crippen LogP contribution in [0.2, 0.25) is 0 Å². The third kappa shape index (κ3) is 5.14. The number of nitrogens with zero attached hydrogens (tertiary/aromatic N) is 2. The maximum absolute atomic E-state index is 12.8. The van der Waals surface area contributed by atoms with Crippen LogP contribution in [0.3, 0.4) is 0 Å². The van der Waals surface area contributed by atoms with Gasteiger partial charge in [-0.25, -0.2) is 4.79 Å². The summed E-state index contributed by atoms with van der Waals surface area (Å²) in [4.78, 5) is 48.6. The molecule has 0 N–H and O–H groups in total. The zero-order valence-corrected chi connectivity index (χ0v) is 18.2. The van der Waals surface area contributed by atoms with Gasteiger partial charge in [0.1, 0.15) is 18.4 Å². The molecule has 0 radical (unpaired) electrons. The van der Waals surface area contributed by atoms with E-state index in [1.165, 1.54) is 25.1 Å². The van der Waals surface area contributed by atoms with Crippen LogP contribution in [0.1, 0.15) is 25.0 Å². The van der Waals surface area contributed by atoms with Crippen molar-refractivity contribution in [2.75, 3.05) is 6.61 Å². The molecule has 10 heteroatoms. The molecule has 2 aromatic carbocycles.